The molecule has 1 aromatic rings. The van der Waals surface area contributed by atoms with Crippen LogP contribution in [0.2, 0.25) is 0 Å². The lowest BCUT2D eigenvalue weighted by Crippen LogP contribution is -1.95. The van der Waals surface area contributed by atoms with E-state index in [2.05, 4.69) is 0 Å². The van der Waals surface area contributed by atoms with Crippen molar-refractivity contribution >= 4 is 17.3 Å². The fraction of sp³-hybridized carbons (Fsp3) is 0.286. The molecule has 0 aliphatic rings. The molecule has 0 fully saturated rings. The van der Waals surface area contributed by atoms with Crippen LogP contribution < -0.4 is 0 Å². The summed E-state index contributed by atoms with van der Waals surface area (Å²) in [5.74, 6) is -0.813. The lowest BCUT2D eigenvalue weighted by Gasteiger charge is -1.91. The third-order valence-electron chi connectivity index (χ3n) is 1.32. The van der Waals surface area contributed by atoms with Gasteiger partial charge in [0, 0.05) is 0 Å². The summed E-state index contributed by atoms with van der Waals surface area (Å²) >= 11 is 1.28. The Kier molecular flexibility index (Phi) is 2.06. The second-order valence-electron chi connectivity index (χ2n) is 1.93. The van der Waals surface area contributed by atoms with Gasteiger partial charge in [-0.05, 0) is 23.4 Å². The highest BCUT2D eigenvalue weighted by Gasteiger charge is 2.08. The zero-order valence-electron chi connectivity index (χ0n) is 5.63. The van der Waals surface area contributed by atoms with Crippen LogP contribution in [0.1, 0.15) is 22.2 Å². The van der Waals surface area contributed by atoms with Crippen LogP contribution in [0, 0.1) is 0 Å². The number of hydrogen-bond donors (Lipinski definition) is 1. The number of aromatic carboxylic acids is 1. The molecule has 0 unspecified atom stereocenters. The molecule has 0 bridgehead atoms. The fourth-order valence-corrected chi connectivity index (χ4v) is 1.63. The largest absolute Gasteiger partial charge is 0.477 e. The van der Waals surface area contributed by atoms with Crippen molar-refractivity contribution in [3.8, 4) is 0 Å². The SMILES string of the molecule is CCc1ccsc1C(=O)O. The van der Waals surface area contributed by atoms with Crippen molar-refractivity contribution in [3.63, 3.8) is 0 Å². The molecule has 0 saturated carbocycles. The molecule has 0 saturated heterocycles. The number of hydrogen-bond acceptors (Lipinski definition) is 2. The third kappa shape index (κ3) is 1.19. The first kappa shape index (κ1) is 7.28. The molecule has 0 radical (unpaired) electrons. The average Bonchev–Trinajstić information content (AvgIpc) is 2.33. The van der Waals surface area contributed by atoms with Crippen molar-refractivity contribution in [3.05, 3.63) is 21.9 Å². The Bertz CT molecular complexity index is 240. The summed E-state index contributed by atoms with van der Waals surface area (Å²) in [5.41, 5.74) is 0.928. The Morgan fingerprint density at radius 1 is 1.80 bits per heavy atom. The molecule has 54 valence electrons. The number of aryl methyl sites for hydroxylation is 1. The molecule has 0 atom stereocenters. The Morgan fingerprint density at radius 3 is 2.90 bits per heavy atom. The smallest absolute Gasteiger partial charge is 0.346 e. The number of carboxylic acid groups (broad SMARTS) is 1. The van der Waals surface area contributed by atoms with Crippen molar-refractivity contribution in [2.24, 2.45) is 0 Å². The summed E-state index contributed by atoms with van der Waals surface area (Å²) in [5, 5.41) is 10.4. The zero-order valence-corrected chi connectivity index (χ0v) is 6.44. The highest BCUT2D eigenvalue weighted by Crippen LogP contribution is 2.16. The second-order valence-corrected chi connectivity index (χ2v) is 2.85. The molecular weight excluding hydrogens is 148 g/mol. The van der Waals surface area contributed by atoms with E-state index < -0.39 is 5.97 Å². The van der Waals surface area contributed by atoms with Crippen LogP contribution in [0.5, 0.6) is 0 Å². The average molecular weight is 156 g/mol. The van der Waals surface area contributed by atoms with Crippen molar-refractivity contribution in [2.75, 3.05) is 0 Å². The predicted molar refractivity (Wildman–Crippen MR) is 40.7 cm³/mol. The lowest BCUT2D eigenvalue weighted by molar-refractivity contribution is 0.0701. The Labute approximate surface area is 63.1 Å². The van der Waals surface area contributed by atoms with E-state index >= 15 is 0 Å². The van der Waals surface area contributed by atoms with Gasteiger partial charge in [0.15, 0.2) is 0 Å². The molecule has 0 aliphatic carbocycles. The van der Waals surface area contributed by atoms with Gasteiger partial charge >= 0.3 is 5.97 Å². The molecule has 0 amide bonds. The molecule has 0 aromatic carbocycles. The molecular formula is C7H8O2S. The molecule has 3 heteroatoms. The summed E-state index contributed by atoms with van der Waals surface area (Å²) in [7, 11) is 0. The van der Waals surface area contributed by atoms with Crippen LogP contribution in [0.15, 0.2) is 11.4 Å². The van der Waals surface area contributed by atoms with Crippen LogP contribution in [-0.4, -0.2) is 11.1 Å². The first-order valence-corrected chi connectivity index (χ1v) is 3.93. The number of thiophene rings is 1. The van der Waals surface area contributed by atoms with Gasteiger partial charge in [-0.3, -0.25) is 0 Å². The highest BCUT2D eigenvalue weighted by atomic mass is 32.1. The van der Waals surface area contributed by atoms with Crippen molar-refractivity contribution in [1.82, 2.24) is 0 Å². The first-order chi connectivity index (χ1) is 4.75. The lowest BCUT2D eigenvalue weighted by atomic mass is 10.2. The maximum absolute atomic E-state index is 10.5. The Balaban J connectivity index is 3.01. The van der Waals surface area contributed by atoms with E-state index in [1.54, 1.807) is 0 Å². The fourth-order valence-electron chi connectivity index (χ4n) is 0.802. The molecule has 1 aromatic heterocycles. The molecule has 0 aliphatic heterocycles. The van der Waals surface area contributed by atoms with Crippen LogP contribution in [-0.2, 0) is 6.42 Å². The van der Waals surface area contributed by atoms with Crippen molar-refractivity contribution < 1.29 is 9.90 Å². The number of rotatable bonds is 2. The van der Waals surface area contributed by atoms with Gasteiger partial charge in [0.05, 0.1) is 0 Å². The summed E-state index contributed by atoms with van der Waals surface area (Å²) in [6.45, 7) is 1.95. The third-order valence-corrected chi connectivity index (χ3v) is 2.27. The maximum Gasteiger partial charge on any atom is 0.346 e. The van der Waals surface area contributed by atoms with Crippen molar-refractivity contribution in [1.29, 1.82) is 0 Å². The van der Waals surface area contributed by atoms with Gasteiger partial charge < -0.3 is 5.11 Å². The molecule has 2 nitrogen and oxygen atoms in total. The van der Waals surface area contributed by atoms with Gasteiger partial charge in [-0.1, -0.05) is 6.92 Å². The number of carbonyl (C=O) groups is 1. The second kappa shape index (κ2) is 2.84. The van der Waals surface area contributed by atoms with E-state index in [0.29, 0.717) is 4.88 Å². The summed E-state index contributed by atoms with van der Waals surface area (Å²) in [6, 6.07) is 1.86. The van der Waals surface area contributed by atoms with Crippen molar-refractivity contribution in [2.45, 2.75) is 13.3 Å². The van der Waals surface area contributed by atoms with E-state index in [9.17, 15) is 4.79 Å². The standard InChI is InChI=1S/C7H8O2S/c1-2-5-3-4-10-6(5)7(8)9/h3-4H,2H2,1H3,(H,8,9). The minimum absolute atomic E-state index is 0.475. The van der Waals surface area contributed by atoms with Gasteiger partial charge in [-0.25, -0.2) is 4.79 Å². The normalized spacial score (nSPS) is 9.70. The zero-order chi connectivity index (χ0) is 7.56. The molecule has 1 heterocycles. The topological polar surface area (TPSA) is 37.3 Å². The van der Waals surface area contributed by atoms with E-state index in [-0.39, 0.29) is 0 Å². The monoisotopic (exact) mass is 156 g/mol. The van der Waals surface area contributed by atoms with Gasteiger partial charge in [0.2, 0.25) is 0 Å². The van der Waals surface area contributed by atoms with Gasteiger partial charge in [0.25, 0.3) is 0 Å². The minimum Gasteiger partial charge on any atom is -0.477 e. The van der Waals surface area contributed by atoms with E-state index in [1.165, 1.54) is 11.3 Å². The maximum atomic E-state index is 10.5. The first-order valence-electron chi connectivity index (χ1n) is 3.05. The van der Waals surface area contributed by atoms with Crippen LogP contribution in [0.3, 0.4) is 0 Å². The number of carboxylic acids is 1. The van der Waals surface area contributed by atoms with Crippen LogP contribution in [0.4, 0.5) is 0 Å². The predicted octanol–water partition coefficient (Wildman–Crippen LogP) is 2.01. The summed E-state index contributed by atoms with van der Waals surface area (Å²) in [4.78, 5) is 10.9. The Hall–Kier alpha value is -0.830. The van der Waals surface area contributed by atoms with Crippen LogP contribution in [0.25, 0.3) is 0 Å². The van der Waals surface area contributed by atoms with E-state index in [4.69, 9.17) is 5.11 Å². The molecule has 0 spiro atoms. The molecule has 1 N–H and O–H groups in total. The molecule has 1 rings (SSSR count). The van der Waals surface area contributed by atoms with Gasteiger partial charge in [-0.2, -0.15) is 0 Å². The van der Waals surface area contributed by atoms with E-state index in [1.807, 2.05) is 18.4 Å². The molecule has 10 heavy (non-hydrogen) atoms. The van der Waals surface area contributed by atoms with Crippen LogP contribution >= 0.6 is 11.3 Å². The highest BCUT2D eigenvalue weighted by molar-refractivity contribution is 7.12. The Morgan fingerprint density at radius 2 is 2.50 bits per heavy atom. The summed E-state index contributed by atoms with van der Waals surface area (Å²) in [6.07, 6.45) is 0.797. The van der Waals surface area contributed by atoms with Gasteiger partial charge in [0.1, 0.15) is 4.88 Å². The quantitative estimate of drug-likeness (QED) is 0.711. The summed E-state index contributed by atoms with van der Waals surface area (Å²) < 4.78 is 0. The minimum atomic E-state index is -0.813. The van der Waals surface area contributed by atoms with E-state index in [0.717, 1.165) is 12.0 Å². The van der Waals surface area contributed by atoms with Gasteiger partial charge in [-0.15, -0.1) is 11.3 Å².